The van der Waals surface area contributed by atoms with Crippen molar-refractivity contribution in [2.24, 2.45) is 0 Å². The molecule has 0 amide bonds. The first kappa shape index (κ1) is 14.9. The summed E-state index contributed by atoms with van der Waals surface area (Å²) in [6, 6.07) is 14.5. The van der Waals surface area contributed by atoms with Crippen molar-refractivity contribution in [3.63, 3.8) is 0 Å². The molecule has 1 nitrogen and oxygen atoms in total. The maximum atomic E-state index is 5.95. The van der Waals surface area contributed by atoms with Crippen LogP contribution in [0.25, 0.3) is 0 Å². The van der Waals surface area contributed by atoms with Gasteiger partial charge in [0.15, 0.2) is 0 Å². The molecule has 0 aliphatic heterocycles. The third-order valence-corrected chi connectivity index (χ3v) is 3.69. The maximum absolute atomic E-state index is 5.95. The summed E-state index contributed by atoms with van der Waals surface area (Å²) in [6.45, 7) is 4.26. The fraction of sp³-hybridized carbons (Fsp3) is 0.333. The summed E-state index contributed by atoms with van der Waals surface area (Å²) in [5.41, 5.74) is 3.56. The first-order valence-corrected chi connectivity index (χ1v) is 7.68. The van der Waals surface area contributed by atoms with Gasteiger partial charge in [-0.05, 0) is 54.7 Å². The third-order valence-electron chi connectivity index (χ3n) is 3.38. The van der Waals surface area contributed by atoms with Crippen LogP contribution in [0.2, 0.25) is 0 Å². The van der Waals surface area contributed by atoms with Crippen molar-refractivity contribution in [1.82, 2.24) is 0 Å². The van der Waals surface area contributed by atoms with E-state index in [2.05, 4.69) is 19.1 Å². The lowest BCUT2D eigenvalue weighted by Crippen LogP contribution is -1.90. The standard InChI is InChI=1S/C18H21ClO/c1-3-4-5-15-8-10-17(11-9-15)20-18-12-16(13-19)7-6-14(18)2/h6-12H,3-5,13H2,1-2H3. The fourth-order valence-corrected chi connectivity index (χ4v) is 2.24. The van der Waals surface area contributed by atoms with Gasteiger partial charge in [0.05, 0.1) is 0 Å². The Morgan fingerprint density at radius 2 is 1.70 bits per heavy atom. The van der Waals surface area contributed by atoms with Crippen LogP contribution in [-0.2, 0) is 12.3 Å². The molecule has 2 aromatic carbocycles. The minimum absolute atomic E-state index is 0.507. The molecule has 2 rings (SSSR count). The third kappa shape index (κ3) is 4.01. The van der Waals surface area contributed by atoms with Gasteiger partial charge < -0.3 is 4.74 Å². The van der Waals surface area contributed by atoms with Gasteiger partial charge in [0.25, 0.3) is 0 Å². The highest BCUT2D eigenvalue weighted by molar-refractivity contribution is 6.17. The number of unbranched alkanes of at least 4 members (excludes halogenated alkanes) is 1. The van der Waals surface area contributed by atoms with Gasteiger partial charge >= 0.3 is 0 Å². The van der Waals surface area contributed by atoms with Crippen LogP contribution in [-0.4, -0.2) is 0 Å². The van der Waals surface area contributed by atoms with Crippen LogP contribution in [0.3, 0.4) is 0 Å². The molecule has 2 aromatic rings. The number of rotatable bonds is 6. The fourth-order valence-electron chi connectivity index (χ4n) is 2.07. The average molecular weight is 289 g/mol. The van der Waals surface area contributed by atoms with E-state index in [9.17, 15) is 0 Å². The normalized spacial score (nSPS) is 10.6. The van der Waals surface area contributed by atoms with Gasteiger partial charge in [-0.15, -0.1) is 11.6 Å². The molecule has 0 saturated heterocycles. The topological polar surface area (TPSA) is 9.23 Å². The predicted molar refractivity (Wildman–Crippen MR) is 85.9 cm³/mol. The zero-order valence-corrected chi connectivity index (χ0v) is 12.9. The zero-order valence-electron chi connectivity index (χ0n) is 12.2. The van der Waals surface area contributed by atoms with Crippen molar-refractivity contribution >= 4 is 11.6 Å². The van der Waals surface area contributed by atoms with Crippen LogP contribution in [0.5, 0.6) is 11.5 Å². The number of halogens is 1. The van der Waals surface area contributed by atoms with E-state index in [0.717, 1.165) is 29.0 Å². The molecule has 0 aromatic heterocycles. The van der Waals surface area contributed by atoms with E-state index in [4.69, 9.17) is 16.3 Å². The predicted octanol–water partition coefficient (Wildman–Crippen LogP) is 5.87. The monoisotopic (exact) mass is 288 g/mol. The van der Waals surface area contributed by atoms with Gasteiger partial charge in [0.1, 0.15) is 11.5 Å². The van der Waals surface area contributed by atoms with E-state index in [-0.39, 0.29) is 0 Å². The Morgan fingerprint density at radius 3 is 2.35 bits per heavy atom. The molecule has 0 saturated carbocycles. The summed E-state index contributed by atoms with van der Waals surface area (Å²) < 4.78 is 5.95. The molecule has 0 aliphatic rings. The second-order valence-electron chi connectivity index (χ2n) is 5.08. The number of hydrogen-bond acceptors (Lipinski definition) is 1. The van der Waals surface area contributed by atoms with E-state index in [1.807, 2.05) is 37.3 Å². The van der Waals surface area contributed by atoms with Crippen molar-refractivity contribution in [2.45, 2.75) is 39.0 Å². The summed E-state index contributed by atoms with van der Waals surface area (Å²) in [5.74, 6) is 2.26. The Labute approximate surface area is 126 Å². The van der Waals surface area contributed by atoms with Gasteiger partial charge in [0, 0.05) is 5.88 Å². The summed E-state index contributed by atoms with van der Waals surface area (Å²) in [4.78, 5) is 0. The Bertz CT molecular complexity index is 546. The second kappa shape index (κ2) is 7.35. The molecule has 106 valence electrons. The number of benzene rings is 2. The molecular formula is C18H21ClO. The second-order valence-corrected chi connectivity index (χ2v) is 5.35. The van der Waals surface area contributed by atoms with E-state index >= 15 is 0 Å². The van der Waals surface area contributed by atoms with Crippen LogP contribution in [0.1, 0.15) is 36.5 Å². The first-order valence-electron chi connectivity index (χ1n) is 7.15. The van der Waals surface area contributed by atoms with E-state index < -0.39 is 0 Å². The zero-order chi connectivity index (χ0) is 14.4. The van der Waals surface area contributed by atoms with Gasteiger partial charge in [-0.2, -0.15) is 0 Å². The van der Waals surface area contributed by atoms with Crippen LogP contribution < -0.4 is 4.74 Å². The maximum Gasteiger partial charge on any atom is 0.130 e. The lowest BCUT2D eigenvalue weighted by Gasteiger charge is -2.10. The van der Waals surface area contributed by atoms with Gasteiger partial charge in [-0.3, -0.25) is 0 Å². The number of alkyl halides is 1. The van der Waals surface area contributed by atoms with Crippen LogP contribution in [0.4, 0.5) is 0 Å². The molecule has 0 radical (unpaired) electrons. The number of aryl methyl sites for hydroxylation is 2. The van der Waals surface area contributed by atoms with Crippen molar-refractivity contribution in [3.05, 3.63) is 59.2 Å². The molecule has 0 heterocycles. The summed E-state index contributed by atoms with van der Waals surface area (Å²) >= 11 is 5.87. The summed E-state index contributed by atoms with van der Waals surface area (Å²) in [6.07, 6.45) is 3.59. The van der Waals surface area contributed by atoms with Crippen LogP contribution in [0.15, 0.2) is 42.5 Å². The Balaban J connectivity index is 2.09. The quantitative estimate of drug-likeness (QED) is 0.604. The molecule has 0 N–H and O–H groups in total. The lowest BCUT2D eigenvalue weighted by molar-refractivity contribution is 0.478. The minimum atomic E-state index is 0.507. The molecule has 0 fully saturated rings. The van der Waals surface area contributed by atoms with Crippen LogP contribution >= 0.6 is 11.6 Å². The van der Waals surface area contributed by atoms with Crippen molar-refractivity contribution in [1.29, 1.82) is 0 Å². The average Bonchev–Trinajstić information content (AvgIpc) is 2.49. The van der Waals surface area contributed by atoms with E-state index in [0.29, 0.717) is 5.88 Å². The molecule has 0 atom stereocenters. The Hall–Kier alpha value is -1.47. The van der Waals surface area contributed by atoms with E-state index in [1.54, 1.807) is 0 Å². The molecule has 20 heavy (non-hydrogen) atoms. The largest absolute Gasteiger partial charge is 0.457 e. The van der Waals surface area contributed by atoms with Gasteiger partial charge in [-0.1, -0.05) is 37.6 Å². The number of hydrogen-bond donors (Lipinski definition) is 0. The summed E-state index contributed by atoms with van der Waals surface area (Å²) in [7, 11) is 0. The Morgan fingerprint density at radius 1 is 1.00 bits per heavy atom. The molecule has 0 spiro atoms. The molecule has 0 unspecified atom stereocenters. The summed E-state index contributed by atoms with van der Waals surface area (Å²) in [5, 5.41) is 0. The van der Waals surface area contributed by atoms with Gasteiger partial charge in [-0.25, -0.2) is 0 Å². The molecule has 2 heteroatoms. The minimum Gasteiger partial charge on any atom is -0.457 e. The van der Waals surface area contributed by atoms with Crippen molar-refractivity contribution < 1.29 is 4.74 Å². The highest BCUT2D eigenvalue weighted by Gasteiger charge is 2.03. The first-order chi connectivity index (χ1) is 9.72. The highest BCUT2D eigenvalue weighted by Crippen LogP contribution is 2.27. The number of ether oxygens (including phenoxy) is 1. The SMILES string of the molecule is CCCCc1ccc(Oc2cc(CCl)ccc2C)cc1. The molecular weight excluding hydrogens is 268 g/mol. The van der Waals surface area contributed by atoms with Gasteiger partial charge in [0.2, 0.25) is 0 Å². The smallest absolute Gasteiger partial charge is 0.130 e. The van der Waals surface area contributed by atoms with Crippen molar-refractivity contribution in [3.8, 4) is 11.5 Å². The molecule has 0 aliphatic carbocycles. The van der Waals surface area contributed by atoms with Crippen molar-refractivity contribution in [2.75, 3.05) is 0 Å². The molecule has 0 bridgehead atoms. The van der Waals surface area contributed by atoms with E-state index in [1.165, 1.54) is 18.4 Å². The Kier molecular flexibility index (Phi) is 5.49. The van der Waals surface area contributed by atoms with Crippen LogP contribution in [0, 0.1) is 6.92 Å². The lowest BCUT2D eigenvalue weighted by atomic mass is 10.1. The highest BCUT2D eigenvalue weighted by atomic mass is 35.5.